The topological polar surface area (TPSA) is 62.7 Å². The largest absolute Gasteiger partial charge is 0.338 e. The van der Waals surface area contributed by atoms with E-state index < -0.39 is 0 Å². The molecule has 17 heavy (non-hydrogen) atoms. The van der Waals surface area contributed by atoms with Crippen LogP contribution < -0.4 is 0 Å². The minimum absolute atomic E-state index is 0.100. The van der Waals surface area contributed by atoms with Gasteiger partial charge in [0.1, 0.15) is 6.42 Å². The molecule has 2 aromatic rings. The summed E-state index contributed by atoms with van der Waals surface area (Å²) in [4.78, 5) is 4.06. The minimum atomic E-state index is 0.100. The van der Waals surface area contributed by atoms with Crippen LogP contribution in [-0.4, -0.2) is 10.1 Å². The van der Waals surface area contributed by atoms with Crippen molar-refractivity contribution < 1.29 is 4.52 Å². The molecule has 0 unspecified atom stereocenters. The molecule has 0 spiro atoms. The highest BCUT2D eigenvalue weighted by Gasteiger charge is 2.11. The quantitative estimate of drug-likeness (QED) is 0.858. The lowest BCUT2D eigenvalue weighted by atomic mass is 10.1. The van der Waals surface area contributed by atoms with E-state index in [4.69, 9.17) is 33.0 Å². The zero-order valence-electron chi connectivity index (χ0n) is 8.65. The summed E-state index contributed by atoms with van der Waals surface area (Å²) in [7, 11) is 0. The summed E-state index contributed by atoms with van der Waals surface area (Å²) < 4.78 is 4.89. The summed E-state index contributed by atoms with van der Waals surface area (Å²) in [6, 6.07) is 7.20. The number of hydrogen-bond acceptors (Lipinski definition) is 4. The molecule has 86 valence electrons. The molecule has 0 N–H and O–H groups in total. The second-order valence-corrected chi connectivity index (χ2v) is 4.13. The fraction of sp³-hybridized carbons (Fsp3) is 0.182. The average molecular weight is 268 g/mol. The second kappa shape index (κ2) is 5.17. The summed E-state index contributed by atoms with van der Waals surface area (Å²) in [5.74, 6) is 0.760. The summed E-state index contributed by atoms with van der Waals surface area (Å²) in [6.45, 7) is 0. The molecule has 0 aliphatic heterocycles. The molecule has 0 bridgehead atoms. The van der Waals surface area contributed by atoms with Gasteiger partial charge in [-0.05, 0) is 17.7 Å². The Bertz CT molecular complexity index is 554. The van der Waals surface area contributed by atoms with Crippen LogP contribution in [0.25, 0.3) is 0 Å². The molecule has 0 fully saturated rings. The average Bonchev–Trinajstić information content (AvgIpc) is 2.72. The van der Waals surface area contributed by atoms with Gasteiger partial charge in [-0.3, -0.25) is 0 Å². The first-order valence-corrected chi connectivity index (χ1v) is 5.57. The van der Waals surface area contributed by atoms with Crippen molar-refractivity contribution in [2.45, 2.75) is 12.8 Å². The highest BCUT2D eigenvalue weighted by Crippen LogP contribution is 2.26. The van der Waals surface area contributed by atoms with E-state index >= 15 is 0 Å². The predicted octanol–water partition coefficient (Wildman–Crippen LogP) is 3.03. The summed E-state index contributed by atoms with van der Waals surface area (Å²) in [5.41, 5.74) is 0.750. The van der Waals surface area contributed by atoms with Gasteiger partial charge in [-0.1, -0.05) is 34.4 Å². The van der Waals surface area contributed by atoms with E-state index in [9.17, 15) is 0 Å². The zero-order chi connectivity index (χ0) is 12.3. The van der Waals surface area contributed by atoms with Crippen LogP contribution in [0.1, 0.15) is 17.3 Å². The highest BCUT2D eigenvalue weighted by atomic mass is 35.5. The number of hydrogen-bond donors (Lipinski definition) is 0. The monoisotopic (exact) mass is 267 g/mol. The van der Waals surface area contributed by atoms with Gasteiger partial charge in [0.25, 0.3) is 0 Å². The van der Waals surface area contributed by atoms with Crippen LogP contribution in [0.15, 0.2) is 22.7 Å². The Labute approximate surface area is 108 Å². The van der Waals surface area contributed by atoms with E-state index in [0.29, 0.717) is 28.2 Å². The Morgan fingerprint density at radius 3 is 2.65 bits per heavy atom. The second-order valence-electron chi connectivity index (χ2n) is 3.32. The Morgan fingerprint density at radius 2 is 2.00 bits per heavy atom. The molecule has 0 aliphatic rings. The first-order chi connectivity index (χ1) is 8.20. The number of aromatic nitrogens is 2. The van der Waals surface area contributed by atoms with Crippen LogP contribution in [0.3, 0.4) is 0 Å². The van der Waals surface area contributed by atoms with Crippen molar-refractivity contribution in [3.05, 3.63) is 45.5 Å². The molecule has 4 nitrogen and oxygen atoms in total. The van der Waals surface area contributed by atoms with Crippen molar-refractivity contribution in [3.8, 4) is 6.07 Å². The van der Waals surface area contributed by atoms with Gasteiger partial charge >= 0.3 is 0 Å². The number of rotatable bonds is 3. The van der Waals surface area contributed by atoms with Crippen molar-refractivity contribution in [1.29, 1.82) is 5.26 Å². The first-order valence-electron chi connectivity index (χ1n) is 4.82. The van der Waals surface area contributed by atoms with Crippen molar-refractivity contribution in [2.75, 3.05) is 0 Å². The van der Waals surface area contributed by atoms with Gasteiger partial charge in [0.05, 0.1) is 6.07 Å². The van der Waals surface area contributed by atoms with Crippen LogP contribution in [-0.2, 0) is 12.8 Å². The fourth-order valence-corrected chi connectivity index (χ4v) is 1.89. The summed E-state index contributed by atoms with van der Waals surface area (Å²) >= 11 is 12.0. The zero-order valence-corrected chi connectivity index (χ0v) is 10.2. The van der Waals surface area contributed by atoms with Gasteiger partial charge in [-0.2, -0.15) is 10.2 Å². The van der Waals surface area contributed by atoms with E-state index in [-0.39, 0.29) is 6.42 Å². The maximum atomic E-state index is 8.49. The Morgan fingerprint density at radius 1 is 1.29 bits per heavy atom. The van der Waals surface area contributed by atoms with E-state index in [1.54, 1.807) is 18.2 Å². The van der Waals surface area contributed by atoms with Crippen molar-refractivity contribution in [2.24, 2.45) is 0 Å². The highest BCUT2D eigenvalue weighted by molar-refractivity contribution is 6.36. The standard InChI is InChI=1S/C11H7Cl2N3O/c12-8-2-1-3-9(13)7(8)6-10-15-11(4-5-14)17-16-10/h1-3H,4,6H2. The van der Waals surface area contributed by atoms with Crippen molar-refractivity contribution in [3.63, 3.8) is 0 Å². The molecule has 1 aromatic carbocycles. The molecule has 0 aliphatic carbocycles. The molecule has 0 saturated heterocycles. The molecule has 0 radical (unpaired) electrons. The van der Waals surface area contributed by atoms with E-state index in [1.165, 1.54) is 0 Å². The maximum absolute atomic E-state index is 8.49. The van der Waals surface area contributed by atoms with Crippen LogP contribution in [0.4, 0.5) is 0 Å². The van der Waals surface area contributed by atoms with Gasteiger partial charge in [0.15, 0.2) is 5.82 Å². The van der Waals surface area contributed by atoms with Gasteiger partial charge in [-0.15, -0.1) is 0 Å². The first kappa shape index (κ1) is 11.9. The van der Waals surface area contributed by atoms with Gasteiger partial charge < -0.3 is 4.52 Å². The molecule has 0 saturated carbocycles. The SMILES string of the molecule is N#CCc1nc(Cc2c(Cl)cccc2Cl)no1. The summed E-state index contributed by atoms with van der Waals surface area (Å²) in [6.07, 6.45) is 0.483. The maximum Gasteiger partial charge on any atom is 0.240 e. The molecule has 0 amide bonds. The Kier molecular flexibility index (Phi) is 3.62. The van der Waals surface area contributed by atoms with Crippen LogP contribution in [0, 0.1) is 11.3 Å². The lowest BCUT2D eigenvalue weighted by Crippen LogP contribution is -1.93. The normalized spacial score (nSPS) is 10.2. The molecule has 0 atom stereocenters. The van der Waals surface area contributed by atoms with Gasteiger partial charge in [0, 0.05) is 16.5 Å². The fourth-order valence-electron chi connectivity index (χ4n) is 1.36. The summed E-state index contributed by atoms with van der Waals surface area (Å²) in [5, 5.41) is 13.4. The van der Waals surface area contributed by atoms with E-state index in [1.807, 2.05) is 6.07 Å². The Balaban J connectivity index is 2.23. The van der Waals surface area contributed by atoms with E-state index in [0.717, 1.165) is 5.56 Å². The predicted molar refractivity (Wildman–Crippen MR) is 62.9 cm³/mol. The number of nitriles is 1. The number of halogens is 2. The lowest BCUT2D eigenvalue weighted by molar-refractivity contribution is 0.382. The minimum Gasteiger partial charge on any atom is -0.338 e. The lowest BCUT2D eigenvalue weighted by Gasteiger charge is -2.02. The molecular formula is C11H7Cl2N3O. The number of nitrogens with zero attached hydrogens (tertiary/aromatic N) is 3. The van der Waals surface area contributed by atoms with Crippen molar-refractivity contribution in [1.82, 2.24) is 10.1 Å². The van der Waals surface area contributed by atoms with Gasteiger partial charge in [-0.25, -0.2) is 0 Å². The van der Waals surface area contributed by atoms with Crippen LogP contribution >= 0.6 is 23.2 Å². The van der Waals surface area contributed by atoms with Crippen molar-refractivity contribution >= 4 is 23.2 Å². The van der Waals surface area contributed by atoms with Crippen LogP contribution in [0.5, 0.6) is 0 Å². The van der Waals surface area contributed by atoms with E-state index in [2.05, 4.69) is 10.1 Å². The van der Waals surface area contributed by atoms with Crippen LogP contribution in [0.2, 0.25) is 10.0 Å². The third-order valence-corrected chi connectivity index (χ3v) is 2.85. The molecule has 6 heteroatoms. The Hall–Kier alpha value is -1.57. The molecule has 1 heterocycles. The molecule has 1 aromatic heterocycles. The third-order valence-electron chi connectivity index (χ3n) is 2.14. The molecule has 2 rings (SSSR count). The smallest absolute Gasteiger partial charge is 0.240 e. The van der Waals surface area contributed by atoms with Gasteiger partial charge in [0.2, 0.25) is 5.89 Å². The third kappa shape index (κ3) is 2.76. The number of benzene rings is 1. The molecular weight excluding hydrogens is 261 g/mol.